The number of nitrogens with zero attached hydrogens (tertiary/aromatic N) is 2. The van der Waals surface area contributed by atoms with Crippen LogP contribution in [0.15, 0.2) is 47.1 Å². The average Bonchev–Trinajstić information content (AvgIpc) is 3.53. The zero-order chi connectivity index (χ0) is 24.7. The van der Waals surface area contributed by atoms with Crippen molar-refractivity contribution in [3.8, 4) is 0 Å². The van der Waals surface area contributed by atoms with Gasteiger partial charge >= 0.3 is 0 Å². The van der Waals surface area contributed by atoms with E-state index in [1.807, 2.05) is 19.1 Å². The predicted octanol–water partition coefficient (Wildman–Crippen LogP) is 8.60. The number of furan rings is 1. The summed E-state index contributed by atoms with van der Waals surface area (Å²) in [6.45, 7) is 5.20. The predicted molar refractivity (Wildman–Crippen MR) is 145 cm³/mol. The quantitative estimate of drug-likeness (QED) is 0.186. The Balaban J connectivity index is 1.37. The lowest BCUT2D eigenvalue weighted by molar-refractivity contribution is 0.0909. The first-order valence-electron chi connectivity index (χ1n) is 14.0. The summed E-state index contributed by atoms with van der Waals surface area (Å²) < 4.78 is 7.52. The number of hydrogen-bond acceptors (Lipinski definition) is 3. The SMILES string of the molecule is CCCCCCCCCCCCCCCCn1c(C(C)NC(=O)c2ccco2)nc2ccccc21. The fourth-order valence-electron chi connectivity index (χ4n) is 4.86. The van der Waals surface area contributed by atoms with Crippen molar-refractivity contribution >= 4 is 16.9 Å². The van der Waals surface area contributed by atoms with E-state index in [1.165, 1.54) is 89.7 Å². The first-order chi connectivity index (χ1) is 17.2. The van der Waals surface area contributed by atoms with Crippen molar-refractivity contribution in [3.05, 3.63) is 54.2 Å². The highest BCUT2D eigenvalue weighted by Gasteiger charge is 2.19. The lowest BCUT2D eigenvalue weighted by Crippen LogP contribution is -2.28. The van der Waals surface area contributed by atoms with Crippen LogP contribution in [0, 0.1) is 0 Å². The average molecular weight is 480 g/mol. The van der Waals surface area contributed by atoms with Gasteiger partial charge in [0.2, 0.25) is 0 Å². The number of amides is 1. The second kappa shape index (κ2) is 15.4. The van der Waals surface area contributed by atoms with Crippen LogP contribution < -0.4 is 5.32 Å². The van der Waals surface area contributed by atoms with Crippen molar-refractivity contribution in [1.82, 2.24) is 14.9 Å². The minimum absolute atomic E-state index is 0.202. The monoisotopic (exact) mass is 479 g/mol. The lowest BCUT2D eigenvalue weighted by Gasteiger charge is -2.16. The normalized spacial score (nSPS) is 12.3. The number of imidazole rings is 1. The van der Waals surface area contributed by atoms with Crippen LogP contribution in [0.3, 0.4) is 0 Å². The third-order valence-corrected chi connectivity index (χ3v) is 6.90. The van der Waals surface area contributed by atoms with Gasteiger partial charge in [-0.15, -0.1) is 0 Å². The third kappa shape index (κ3) is 8.87. The van der Waals surface area contributed by atoms with E-state index in [1.54, 1.807) is 12.1 Å². The molecular weight excluding hydrogens is 434 g/mol. The van der Waals surface area contributed by atoms with E-state index in [0.717, 1.165) is 29.8 Å². The molecule has 35 heavy (non-hydrogen) atoms. The van der Waals surface area contributed by atoms with E-state index in [-0.39, 0.29) is 11.9 Å². The van der Waals surface area contributed by atoms with E-state index >= 15 is 0 Å². The lowest BCUT2D eigenvalue weighted by atomic mass is 10.0. The van der Waals surface area contributed by atoms with Gasteiger partial charge in [0.05, 0.1) is 23.3 Å². The molecule has 3 aromatic rings. The maximum atomic E-state index is 12.5. The molecule has 1 unspecified atom stereocenters. The number of nitrogens with one attached hydrogen (secondary N) is 1. The summed E-state index contributed by atoms with van der Waals surface area (Å²) in [6, 6.07) is 11.4. The minimum Gasteiger partial charge on any atom is -0.459 e. The van der Waals surface area contributed by atoms with Gasteiger partial charge in [0, 0.05) is 6.54 Å². The number of unbranched alkanes of at least 4 members (excludes halogenated alkanes) is 13. The highest BCUT2D eigenvalue weighted by Crippen LogP contribution is 2.22. The molecule has 1 atom stereocenters. The Morgan fingerprint density at radius 2 is 1.46 bits per heavy atom. The Labute approximate surface area is 211 Å². The second-order valence-corrected chi connectivity index (χ2v) is 9.88. The van der Waals surface area contributed by atoms with E-state index in [9.17, 15) is 4.79 Å². The molecular formula is C30H45N3O2. The van der Waals surface area contributed by atoms with Gasteiger partial charge in [0.15, 0.2) is 5.76 Å². The van der Waals surface area contributed by atoms with Crippen molar-refractivity contribution in [2.45, 2.75) is 116 Å². The summed E-state index contributed by atoms with van der Waals surface area (Å²) in [5.74, 6) is 1.02. The molecule has 2 aromatic heterocycles. The van der Waals surface area contributed by atoms with E-state index < -0.39 is 0 Å². The summed E-state index contributed by atoms with van der Waals surface area (Å²) in [4.78, 5) is 17.3. The van der Waals surface area contributed by atoms with Crippen molar-refractivity contribution in [1.29, 1.82) is 0 Å². The van der Waals surface area contributed by atoms with Gasteiger partial charge in [-0.25, -0.2) is 4.98 Å². The fourth-order valence-corrected chi connectivity index (χ4v) is 4.86. The fraction of sp³-hybridized carbons (Fsp3) is 0.600. The molecule has 0 saturated carbocycles. The van der Waals surface area contributed by atoms with E-state index in [2.05, 4.69) is 28.9 Å². The van der Waals surface area contributed by atoms with Gasteiger partial charge in [-0.2, -0.15) is 0 Å². The van der Waals surface area contributed by atoms with Crippen LogP contribution in [-0.2, 0) is 6.54 Å². The number of carbonyl (C=O) groups excluding carboxylic acids is 1. The van der Waals surface area contributed by atoms with Gasteiger partial charge in [-0.05, 0) is 37.6 Å². The number of benzene rings is 1. The number of hydrogen-bond donors (Lipinski definition) is 1. The zero-order valence-electron chi connectivity index (χ0n) is 21.9. The number of rotatable bonds is 18. The van der Waals surface area contributed by atoms with Crippen LogP contribution in [0.1, 0.15) is 126 Å². The highest BCUT2D eigenvalue weighted by molar-refractivity contribution is 5.91. The van der Waals surface area contributed by atoms with Crippen molar-refractivity contribution in [2.75, 3.05) is 0 Å². The second-order valence-electron chi connectivity index (χ2n) is 9.88. The van der Waals surface area contributed by atoms with Crippen LogP contribution in [0.5, 0.6) is 0 Å². The van der Waals surface area contributed by atoms with Gasteiger partial charge < -0.3 is 14.3 Å². The van der Waals surface area contributed by atoms with Crippen LogP contribution >= 0.6 is 0 Å². The molecule has 0 bridgehead atoms. The molecule has 0 radical (unpaired) electrons. The Hall–Kier alpha value is -2.56. The summed E-state index contributed by atoms with van der Waals surface area (Å²) in [5, 5.41) is 3.04. The maximum absolute atomic E-state index is 12.5. The van der Waals surface area contributed by atoms with E-state index in [4.69, 9.17) is 9.40 Å². The van der Waals surface area contributed by atoms with Gasteiger partial charge in [-0.3, -0.25) is 4.79 Å². The summed E-state index contributed by atoms with van der Waals surface area (Å²) in [7, 11) is 0. The van der Waals surface area contributed by atoms with Crippen LogP contribution in [0.2, 0.25) is 0 Å². The topological polar surface area (TPSA) is 60.1 Å². The molecule has 0 spiro atoms. The van der Waals surface area contributed by atoms with E-state index in [0.29, 0.717) is 5.76 Å². The van der Waals surface area contributed by atoms with Crippen molar-refractivity contribution in [3.63, 3.8) is 0 Å². The number of fused-ring (bicyclic) bond motifs is 1. The Kier molecular flexibility index (Phi) is 11.9. The number of aromatic nitrogens is 2. The van der Waals surface area contributed by atoms with Gasteiger partial charge in [0.25, 0.3) is 5.91 Å². The van der Waals surface area contributed by atoms with Crippen LogP contribution in [-0.4, -0.2) is 15.5 Å². The van der Waals surface area contributed by atoms with Crippen molar-refractivity contribution in [2.24, 2.45) is 0 Å². The molecule has 1 amide bonds. The summed E-state index contributed by atoms with van der Waals surface area (Å²) in [5.41, 5.74) is 2.11. The smallest absolute Gasteiger partial charge is 0.287 e. The molecule has 192 valence electrons. The molecule has 0 aliphatic carbocycles. The summed E-state index contributed by atoms with van der Waals surface area (Å²) >= 11 is 0. The summed E-state index contributed by atoms with van der Waals surface area (Å²) in [6.07, 6.45) is 20.5. The molecule has 0 fully saturated rings. The molecule has 0 aliphatic heterocycles. The third-order valence-electron chi connectivity index (χ3n) is 6.90. The highest BCUT2D eigenvalue weighted by atomic mass is 16.3. The molecule has 1 N–H and O–H groups in total. The Morgan fingerprint density at radius 1 is 0.857 bits per heavy atom. The molecule has 0 aliphatic rings. The molecule has 1 aromatic carbocycles. The van der Waals surface area contributed by atoms with Crippen molar-refractivity contribution < 1.29 is 9.21 Å². The van der Waals surface area contributed by atoms with Gasteiger partial charge in [0.1, 0.15) is 5.82 Å². The maximum Gasteiger partial charge on any atom is 0.287 e. The molecule has 3 rings (SSSR count). The first kappa shape index (κ1) is 27.0. The molecule has 2 heterocycles. The van der Waals surface area contributed by atoms with Gasteiger partial charge in [-0.1, -0.05) is 103 Å². The number of carbonyl (C=O) groups is 1. The number of aryl methyl sites for hydroxylation is 1. The Bertz CT molecular complexity index is 977. The Morgan fingerprint density at radius 3 is 2.06 bits per heavy atom. The first-order valence-corrected chi connectivity index (χ1v) is 14.0. The standard InChI is InChI=1S/C30H45N3O2/c1-3-4-5-6-7-8-9-10-11-12-13-14-15-18-23-33-27-21-17-16-20-26(27)32-29(33)25(2)31-30(34)28-22-19-24-35-28/h16-17,19-22,24-25H,3-15,18,23H2,1-2H3,(H,31,34). The van der Waals surface area contributed by atoms with Crippen LogP contribution in [0.4, 0.5) is 0 Å². The largest absolute Gasteiger partial charge is 0.459 e. The number of para-hydroxylation sites is 2. The minimum atomic E-state index is -0.211. The van der Waals surface area contributed by atoms with Crippen LogP contribution in [0.25, 0.3) is 11.0 Å². The molecule has 5 heteroatoms. The zero-order valence-corrected chi connectivity index (χ0v) is 21.9. The molecule has 0 saturated heterocycles. The molecule has 5 nitrogen and oxygen atoms in total.